The number of H-pyrrole nitrogens is 1. The predicted molar refractivity (Wildman–Crippen MR) is 115 cm³/mol. The number of fused-ring (bicyclic) bond motifs is 1. The van der Waals surface area contributed by atoms with Crippen LogP contribution in [0, 0.1) is 0 Å². The smallest absolute Gasteiger partial charge is 0.253 e. The van der Waals surface area contributed by atoms with E-state index in [9.17, 15) is 4.79 Å². The third-order valence-electron chi connectivity index (χ3n) is 5.95. The first-order chi connectivity index (χ1) is 14.3. The molecule has 0 unspecified atom stereocenters. The summed E-state index contributed by atoms with van der Waals surface area (Å²) < 4.78 is 0. The van der Waals surface area contributed by atoms with Crippen molar-refractivity contribution in [3.8, 4) is 22.5 Å². The lowest BCUT2D eigenvalue weighted by atomic mass is 10.0. The predicted octanol–water partition coefficient (Wildman–Crippen LogP) is 4.02. The molecule has 5 rings (SSSR count). The molecule has 1 amide bonds. The number of nitrogens with one attached hydrogen (secondary N) is 2. The quantitative estimate of drug-likeness (QED) is 0.712. The minimum atomic E-state index is 0.00782. The number of piperidine rings is 1. The van der Waals surface area contributed by atoms with Gasteiger partial charge in [-0.2, -0.15) is 0 Å². The molecule has 0 radical (unpaired) electrons. The van der Waals surface area contributed by atoms with Crippen LogP contribution < -0.4 is 5.32 Å². The molecule has 0 aliphatic carbocycles. The maximum Gasteiger partial charge on any atom is 0.253 e. The average molecular weight is 386 g/mol. The molecule has 1 saturated heterocycles. The average Bonchev–Trinajstić information content (AvgIpc) is 3.21. The molecule has 4 heterocycles. The Kier molecular flexibility index (Phi) is 4.90. The SMILES string of the molecule is O=C1NCCc2[nH]c(-c3ccnc(-c4cccc(CN5CCCCC5)c4)c3)cc21. The summed E-state index contributed by atoms with van der Waals surface area (Å²) >= 11 is 0. The summed E-state index contributed by atoms with van der Waals surface area (Å²) in [7, 11) is 0. The Morgan fingerprint density at radius 3 is 2.76 bits per heavy atom. The summed E-state index contributed by atoms with van der Waals surface area (Å²) in [5, 5.41) is 2.90. The fourth-order valence-electron chi connectivity index (χ4n) is 4.41. The summed E-state index contributed by atoms with van der Waals surface area (Å²) in [4.78, 5) is 22.7. The highest BCUT2D eigenvalue weighted by atomic mass is 16.1. The molecule has 0 saturated carbocycles. The molecule has 1 aromatic carbocycles. The van der Waals surface area contributed by atoms with E-state index in [-0.39, 0.29) is 5.91 Å². The van der Waals surface area contributed by atoms with E-state index in [4.69, 9.17) is 0 Å². The number of aromatic nitrogens is 2. The Balaban J connectivity index is 1.41. The minimum absolute atomic E-state index is 0.00782. The number of amides is 1. The van der Waals surface area contributed by atoms with Gasteiger partial charge in [-0.05, 0) is 55.8 Å². The number of pyridine rings is 1. The van der Waals surface area contributed by atoms with Gasteiger partial charge in [0.2, 0.25) is 0 Å². The number of hydrogen-bond acceptors (Lipinski definition) is 3. The molecule has 5 nitrogen and oxygen atoms in total. The van der Waals surface area contributed by atoms with E-state index >= 15 is 0 Å². The first kappa shape index (κ1) is 18.1. The monoisotopic (exact) mass is 386 g/mol. The molecular formula is C24H26N4O. The van der Waals surface area contributed by atoms with Gasteiger partial charge >= 0.3 is 0 Å². The lowest BCUT2D eigenvalue weighted by molar-refractivity contribution is 0.0946. The second kappa shape index (κ2) is 7.84. The molecule has 2 aromatic heterocycles. The molecule has 0 bridgehead atoms. The van der Waals surface area contributed by atoms with E-state index in [0.29, 0.717) is 6.54 Å². The second-order valence-electron chi connectivity index (χ2n) is 8.05. The lowest BCUT2D eigenvalue weighted by Gasteiger charge is -2.26. The zero-order valence-electron chi connectivity index (χ0n) is 16.6. The first-order valence-electron chi connectivity index (χ1n) is 10.5. The summed E-state index contributed by atoms with van der Waals surface area (Å²) in [6.07, 6.45) is 6.67. The van der Waals surface area contributed by atoms with Gasteiger partial charge in [0.25, 0.3) is 5.91 Å². The van der Waals surface area contributed by atoms with Crippen molar-refractivity contribution >= 4 is 5.91 Å². The zero-order chi connectivity index (χ0) is 19.6. The van der Waals surface area contributed by atoms with Crippen LogP contribution in [0.2, 0.25) is 0 Å². The van der Waals surface area contributed by atoms with Crippen LogP contribution >= 0.6 is 0 Å². The number of aromatic amines is 1. The maximum absolute atomic E-state index is 12.1. The van der Waals surface area contributed by atoms with Crippen molar-refractivity contribution in [2.24, 2.45) is 0 Å². The van der Waals surface area contributed by atoms with Crippen molar-refractivity contribution in [2.45, 2.75) is 32.2 Å². The molecular weight excluding hydrogens is 360 g/mol. The van der Waals surface area contributed by atoms with Crippen molar-refractivity contribution in [1.82, 2.24) is 20.2 Å². The third-order valence-corrected chi connectivity index (χ3v) is 5.95. The van der Waals surface area contributed by atoms with Crippen LogP contribution in [0.3, 0.4) is 0 Å². The molecule has 5 heteroatoms. The number of carbonyl (C=O) groups excluding carboxylic acids is 1. The normalized spacial score (nSPS) is 17.0. The highest BCUT2D eigenvalue weighted by Crippen LogP contribution is 2.27. The van der Waals surface area contributed by atoms with Gasteiger partial charge in [-0.25, -0.2) is 0 Å². The van der Waals surface area contributed by atoms with E-state index in [1.54, 1.807) is 0 Å². The van der Waals surface area contributed by atoms with Gasteiger partial charge in [-0.15, -0.1) is 0 Å². The van der Waals surface area contributed by atoms with Crippen LogP contribution in [-0.4, -0.2) is 40.4 Å². The Hall–Kier alpha value is -2.92. The van der Waals surface area contributed by atoms with Gasteiger partial charge in [0.1, 0.15) is 0 Å². The largest absolute Gasteiger partial charge is 0.358 e. The maximum atomic E-state index is 12.1. The van der Waals surface area contributed by atoms with Crippen LogP contribution in [0.5, 0.6) is 0 Å². The van der Waals surface area contributed by atoms with Gasteiger partial charge in [0, 0.05) is 48.2 Å². The van der Waals surface area contributed by atoms with E-state index in [0.717, 1.165) is 46.7 Å². The summed E-state index contributed by atoms with van der Waals surface area (Å²) in [6, 6.07) is 14.8. The topological polar surface area (TPSA) is 61.0 Å². The van der Waals surface area contributed by atoms with Crippen LogP contribution in [0.4, 0.5) is 0 Å². The van der Waals surface area contributed by atoms with Crippen LogP contribution in [-0.2, 0) is 13.0 Å². The van der Waals surface area contributed by atoms with Crippen molar-refractivity contribution in [3.05, 3.63) is 65.5 Å². The van der Waals surface area contributed by atoms with Gasteiger partial charge < -0.3 is 10.3 Å². The van der Waals surface area contributed by atoms with Crippen LogP contribution in [0.15, 0.2) is 48.7 Å². The fourth-order valence-corrected chi connectivity index (χ4v) is 4.41. The van der Waals surface area contributed by atoms with Crippen molar-refractivity contribution in [1.29, 1.82) is 0 Å². The Bertz CT molecular complexity index is 1030. The molecule has 1 fully saturated rings. The molecule has 2 N–H and O–H groups in total. The van der Waals surface area contributed by atoms with Crippen molar-refractivity contribution in [2.75, 3.05) is 19.6 Å². The number of benzene rings is 1. The summed E-state index contributed by atoms with van der Waals surface area (Å²) in [5.74, 6) is 0.00782. The molecule has 0 spiro atoms. The minimum Gasteiger partial charge on any atom is -0.358 e. The highest BCUT2D eigenvalue weighted by molar-refractivity contribution is 5.97. The molecule has 2 aliphatic heterocycles. The van der Waals surface area contributed by atoms with Gasteiger partial charge in [-0.1, -0.05) is 24.6 Å². The van der Waals surface area contributed by atoms with Crippen LogP contribution in [0.25, 0.3) is 22.5 Å². The third kappa shape index (κ3) is 3.83. The summed E-state index contributed by atoms with van der Waals surface area (Å²) in [5.41, 5.74) is 7.23. The number of rotatable bonds is 4. The Morgan fingerprint density at radius 2 is 1.90 bits per heavy atom. The van der Waals surface area contributed by atoms with Crippen LogP contribution in [0.1, 0.15) is 40.9 Å². The fraction of sp³-hybridized carbons (Fsp3) is 0.333. The van der Waals surface area contributed by atoms with E-state index in [1.165, 1.54) is 37.9 Å². The first-order valence-corrected chi connectivity index (χ1v) is 10.5. The number of nitrogens with zero attached hydrogens (tertiary/aromatic N) is 2. The summed E-state index contributed by atoms with van der Waals surface area (Å²) in [6.45, 7) is 4.09. The van der Waals surface area contributed by atoms with Crippen molar-refractivity contribution in [3.63, 3.8) is 0 Å². The number of hydrogen-bond donors (Lipinski definition) is 2. The zero-order valence-corrected chi connectivity index (χ0v) is 16.6. The van der Waals surface area contributed by atoms with Gasteiger partial charge in [0.15, 0.2) is 0 Å². The molecule has 2 aliphatic rings. The Labute approximate surface area is 171 Å². The molecule has 3 aromatic rings. The standard InChI is InChI=1S/C24H26N4O/c29-24-20-15-23(27-21(20)8-10-26-24)19-7-9-25-22(14-19)18-6-4-5-17(13-18)16-28-11-2-1-3-12-28/h4-7,9,13-15,27H,1-3,8,10-12,16H2,(H,26,29). The molecule has 0 atom stereocenters. The Morgan fingerprint density at radius 1 is 1.00 bits per heavy atom. The van der Waals surface area contributed by atoms with E-state index < -0.39 is 0 Å². The van der Waals surface area contributed by atoms with Crippen molar-refractivity contribution < 1.29 is 4.79 Å². The molecule has 148 valence electrons. The number of carbonyl (C=O) groups is 1. The highest BCUT2D eigenvalue weighted by Gasteiger charge is 2.20. The lowest BCUT2D eigenvalue weighted by Crippen LogP contribution is -2.31. The molecule has 29 heavy (non-hydrogen) atoms. The van der Waals surface area contributed by atoms with E-state index in [2.05, 4.69) is 50.5 Å². The number of likely N-dealkylation sites (tertiary alicyclic amines) is 1. The van der Waals surface area contributed by atoms with Gasteiger partial charge in [0.05, 0.1) is 11.3 Å². The van der Waals surface area contributed by atoms with E-state index in [1.807, 2.05) is 18.3 Å². The second-order valence-corrected chi connectivity index (χ2v) is 8.05. The van der Waals surface area contributed by atoms with Gasteiger partial charge in [-0.3, -0.25) is 14.7 Å².